The molecule has 4 atom stereocenters. The van der Waals surface area contributed by atoms with Crippen molar-refractivity contribution in [1.82, 2.24) is 15.0 Å². The van der Waals surface area contributed by atoms with E-state index in [2.05, 4.69) is 29.2 Å². The third kappa shape index (κ3) is 3.34. The van der Waals surface area contributed by atoms with Gasteiger partial charge in [-0.3, -0.25) is 4.90 Å². The molecule has 0 unspecified atom stereocenters. The van der Waals surface area contributed by atoms with Crippen LogP contribution in [0.4, 0.5) is 0 Å². The smallest absolute Gasteiger partial charge is 0.232 e. The van der Waals surface area contributed by atoms with Gasteiger partial charge >= 0.3 is 0 Å². The topological polar surface area (TPSA) is 42.2 Å². The van der Waals surface area contributed by atoms with Gasteiger partial charge in [-0.25, -0.2) is 0 Å². The molecule has 0 saturated carbocycles. The second kappa shape index (κ2) is 7.86. The van der Waals surface area contributed by atoms with Crippen LogP contribution in [-0.4, -0.2) is 34.2 Å². The first-order valence-corrected chi connectivity index (χ1v) is 9.95. The third-order valence-corrected chi connectivity index (χ3v) is 6.58. The highest BCUT2D eigenvalue weighted by Crippen LogP contribution is 2.50. The van der Waals surface area contributed by atoms with E-state index in [0.29, 0.717) is 23.8 Å². The molecule has 2 aromatic carbocycles. The Morgan fingerprint density at radius 2 is 1.79 bits per heavy atom. The third-order valence-electron chi connectivity index (χ3n) is 6.33. The number of benzene rings is 2. The molecule has 0 aliphatic carbocycles. The van der Waals surface area contributed by atoms with Crippen LogP contribution in [-0.2, 0) is 0 Å². The van der Waals surface area contributed by atoms with Gasteiger partial charge in [0.05, 0.1) is 5.92 Å². The van der Waals surface area contributed by atoms with Crippen molar-refractivity contribution in [2.45, 2.75) is 43.2 Å². The van der Waals surface area contributed by atoms with E-state index < -0.39 is 0 Å². The fourth-order valence-corrected chi connectivity index (χ4v) is 5.06. The Morgan fingerprint density at radius 3 is 2.54 bits per heavy atom. The quantitative estimate of drug-likeness (QED) is 0.562. The number of nitrogens with zero attached hydrogens (tertiary/aromatic N) is 3. The van der Waals surface area contributed by atoms with Gasteiger partial charge in [0, 0.05) is 22.7 Å². The summed E-state index contributed by atoms with van der Waals surface area (Å²) in [5.74, 6) is 2.01. The monoisotopic (exact) mass is 415 g/mol. The molecular weight excluding hydrogens is 393 g/mol. The lowest BCUT2D eigenvalue weighted by Gasteiger charge is -2.41. The van der Waals surface area contributed by atoms with Gasteiger partial charge in [-0.05, 0) is 49.9 Å². The second-order valence-electron chi connectivity index (χ2n) is 7.71. The number of rotatable bonds is 3. The minimum atomic E-state index is 0. The molecule has 2 aliphatic heterocycles. The van der Waals surface area contributed by atoms with Crippen molar-refractivity contribution in [3.8, 4) is 11.4 Å². The van der Waals surface area contributed by atoms with Crippen molar-refractivity contribution in [3.05, 3.63) is 71.1 Å². The summed E-state index contributed by atoms with van der Waals surface area (Å²) in [5.41, 5.74) is 2.30. The summed E-state index contributed by atoms with van der Waals surface area (Å²) < 4.78 is 5.82. The lowest BCUT2D eigenvalue weighted by atomic mass is 9.76. The zero-order valence-corrected chi connectivity index (χ0v) is 17.2. The van der Waals surface area contributed by atoms with E-state index in [9.17, 15) is 0 Å². The van der Waals surface area contributed by atoms with E-state index in [1.54, 1.807) is 0 Å². The number of hydrogen-bond donors (Lipinski definition) is 0. The van der Waals surface area contributed by atoms with E-state index >= 15 is 0 Å². The fourth-order valence-electron chi connectivity index (χ4n) is 4.93. The number of hydrogen-bond acceptors (Lipinski definition) is 4. The van der Waals surface area contributed by atoms with Crippen LogP contribution in [0.5, 0.6) is 0 Å². The Kier molecular flexibility index (Phi) is 5.46. The molecule has 1 aromatic heterocycles. The maximum atomic E-state index is 6.12. The Bertz CT molecular complexity index is 928. The first-order valence-electron chi connectivity index (χ1n) is 9.57. The molecule has 5 rings (SSSR count). The second-order valence-corrected chi connectivity index (χ2v) is 8.14. The molecule has 6 heteroatoms. The van der Waals surface area contributed by atoms with E-state index in [0.717, 1.165) is 22.9 Å². The summed E-state index contributed by atoms with van der Waals surface area (Å²) >= 11 is 6.12. The summed E-state index contributed by atoms with van der Waals surface area (Å²) in [4.78, 5) is 7.34. The van der Waals surface area contributed by atoms with Crippen molar-refractivity contribution in [2.75, 3.05) is 7.05 Å². The van der Waals surface area contributed by atoms with E-state index in [1.165, 1.54) is 18.4 Å². The highest BCUT2D eigenvalue weighted by Gasteiger charge is 2.48. The van der Waals surface area contributed by atoms with Gasteiger partial charge in [0.15, 0.2) is 0 Å². The summed E-state index contributed by atoms with van der Waals surface area (Å²) in [7, 11) is 2.24. The van der Waals surface area contributed by atoms with Crippen molar-refractivity contribution in [2.24, 2.45) is 0 Å². The molecular formula is C22H23Cl2N3O. The van der Waals surface area contributed by atoms with Crippen LogP contribution in [0.15, 0.2) is 59.1 Å². The van der Waals surface area contributed by atoms with E-state index in [4.69, 9.17) is 21.1 Å². The molecule has 0 radical (unpaired) electrons. The summed E-state index contributed by atoms with van der Waals surface area (Å²) in [6, 6.07) is 19.4. The Morgan fingerprint density at radius 1 is 1.04 bits per heavy atom. The lowest BCUT2D eigenvalue weighted by molar-refractivity contribution is 0.120. The predicted molar refractivity (Wildman–Crippen MR) is 113 cm³/mol. The average Bonchev–Trinajstić information content (AvgIpc) is 3.26. The maximum absolute atomic E-state index is 6.12. The van der Waals surface area contributed by atoms with Gasteiger partial charge in [0.25, 0.3) is 0 Å². The van der Waals surface area contributed by atoms with Crippen LogP contribution in [0, 0.1) is 0 Å². The number of likely N-dealkylation sites (N-methyl/N-ethyl adjacent to an activating group) is 1. The molecule has 0 amide bonds. The van der Waals surface area contributed by atoms with Crippen LogP contribution < -0.4 is 0 Å². The molecule has 146 valence electrons. The van der Waals surface area contributed by atoms with Crippen LogP contribution in [0.3, 0.4) is 0 Å². The van der Waals surface area contributed by atoms with Crippen molar-refractivity contribution in [1.29, 1.82) is 0 Å². The number of halogens is 2. The van der Waals surface area contributed by atoms with E-state index in [1.807, 2.05) is 42.5 Å². The van der Waals surface area contributed by atoms with Crippen LogP contribution in [0.2, 0.25) is 5.02 Å². The minimum absolute atomic E-state index is 0. The predicted octanol–water partition coefficient (Wildman–Crippen LogP) is 5.55. The molecule has 2 aliphatic rings. The molecule has 3 heterocycles. The molecule has 2 bridgehead atoms. The van der Waals surface area contributed by atoms with Gasteiger partial charge in [-0.15, -0.1) is 12.4 Å². The Hall–Kier alpha value is -1.88. The number of aromatic nitrogens is 2. The first kappa shape index (κ1) is 19.4. The Balaban J connectivity index is 0.00000192. The normalized spacial score (nSPS) is 26.8. The summed E-state index contributed by atoms with van der Waals surface area (Å²) in [5, 5.41) is 5.06. The highest BCUT2D eigenvalue weighted by molar-refractivity contribution is 6.30. The van der Waals surface area contributed by atoms with E-state index in [-0.39, 0.29) is 18.3 Å². The lowest BCUT2D eigenvalue weighted by Crippen LogP contribution is -2.44. The summed E-state index contributed by atoms with van der Waals surface area (Å²) in [6.45, 7) is 0. The van der Waals surface area contributed by atoms with Crippen LogP contribution in [0.1, 0.15) is 42.6 Å². The number of piperidine rings is 1. The fraction of sp³-hybridized carbons (Fsp3) is 0.364. The average molecular weight is 416 g/mol. The highest BCUT2D eigenvalue weighted by atomic mass is 35.5. The molecule has 2 fully saturated rings. The largest absolute Gasteiger partial charge is 0.339 e. The molecule has 4 nitrogen and oxygen atoms in total. The first-order chi connectivity index (χ1) is 13.2. The standard InChI is InChI=1S/C22H22ClN3O.ClH/c1-26-17-11-12-19(26)20(18(13-17)14-7-9-16(23)10-8-14)22-24-21(25-27-22)15-5-3-2-4-6-15;/h2-10,17-20H,11-13H2,1H3;1H/t17-,18-,19+,20+;/m1./s1. The van der Waals surface area contributed by atoms with Gasteiger partial charge in [-0.1, -0.05) is 59.2 Å². The van der Waals surface area contributed by atoms with Gasteiger partial charge in [0.1, 0.15) is 0 Å². The van der Waals surface area contributed by atoms with Gasteiger partial charge < -0.3 is 4.52 Å². The van der Waals surface area contributed by atoms with Gasteiger partial charge in [-0.2, -0.15) is 4.98 Å². The van der Waals surface area contributed by atoms with Gasteiger partial charge in [0.2, 0.25) is 11.7 Å². The molecule has 28 heavy (non-hydrogen) atoms. The van der Waals surface area contributed by atoms with Crippen molar-refractivity contribution >= 4 is 24.0 Å². The molecule has 0 N–H and O–H groups in total. The molecule has 0 spiro atoms. The molecule has 2 saturated heterocycles. The number of fused-ring (bicyclic) bond motifs is 2. The van der Waals surface area contributed by atoms with Crippen LogP contribution in [0.25, 0.3) is 11.4 Å². The van der Waals surface area contributed by atoms with Crippen LogP contribution >= 0.6 is 24.0 Å². The molecule has 3 aromatic rings. The SMILES string of the molecule is CN1[C@@H]2CC[C@H]1[C@@H](c1nc(-c3ccccc3)no1)[C@@H](c1ccc(Cl)cc1)C2.Cl. The van der Waals surface area contributed by atoms with Crippen molar-refractivity contribution < 1.29 is 4.52 Å². The zero-order chi connectivity index (χ0) is 18.4. The minimum Gasteiger partial charge on any atom is -0.339 e. The zero-order valence-electron chi connectivity index (χ0n) is 15.7. The maximum Gasteiger partial charge on any atom is 0.232 e. The summed E-state index contributed by atoms with van der Waals surface area (Å²) in [6.07, 6.45) is 3.53. The van der Waals surface area contributed by atoms with Crippen molar-refractivity contribution in [3.63, 3.8) is 0 Å². The Labute approximate surface area is 176 Å².